The zero-order chi connectivity index (χ0) is 77.2. The van der Waals surface area contributed by atoms with E-state index in [0.717, 1.165) is 147 Å². The molecule has 5 unspecified atom stereocenters. The lowest BCUT2D eigenvalue weighted by Crippen LogP contribution is -2.23. The third kappa shape index (κ3) is 15.9. The molecular weight excluding hydrogens is 1390 g/mol. The van der Waals surface area contributed by atoms with Crippen LogP contribution < -0.4 is 0 Å². The van der Waals surface area contributed by atoms with Gasteiger partial charge in [-0.25, -0.2) is 0 Å². The Balaban J connectivity index is 0.635. The van der Waals surface area contributed by atoms with Gasteiger partial charge in [0.25, 0.3) is 0 Å². The number of hydrogen-bond acceptors (Lipinski definition) is 6. The van der Waals surface area contributed by atoms with Gasteiger partial charge in [0.05, 0.1) is 34.2 Å². The van der Waals surface area contributed by atoms with Crippen molar-refractivity contribution < 1.29 is 0 Å². The average Bonchev–Trinajstić information content (AvgIpc) is 1.69. The molecule has 2 saturated carbocycles. The fraction of sp³-hybridized carbons (Fsp3) is 0.138. The monoisotopic (exact) mass is 1480 g/mol. The van der Waals surface area contributed by atoms with Gasteiger partial charge in [0, 0.05) is 87.3 Å². The molecule has 0 aliphatic heterocycles. The predicted molar refractivity (Wildman–Crippen MR) is 477 cm³/mol. The molecule has 115 heavy (non-hydrogen) atoms. The van der Waals surface area contributed by atoms with Crippen LogP contribution in [0.15, 0.2) is 401 Å². The zero-order valence-electron chi connectivity index (χ0n) is 64.9. The van der Waals surface area contributed by atoms with E-state index >= 15 is 0 Å². The van der Waals surface area contributed by atoms with Crippen molar-refractivity contribution in [3.63, 3.8) is 0 Å². The number of allylic oxidation sites excluding steroid dienone is 15. The maximum atomic E-state index is 5.33. The Labute approximate surface area is 676 Å². The highest BCUT2D eigenvalue weighted by Crippen LogP contribution is 2.54. The molecule has 0 saturated heterocycles. The minimum Gasteiger partial charge on any atom is -0.256 e. The Morgan fingerprint density at radius 3 is 1.10 bits per heavy atom. The maximum absolute atomic E-state index is 5.33. The molecule has 6 nitrogen and oxygen atoms in total. The molecule has 6 heteroatoms. The minimum atomic E-state index is 0.202. The van der Waals surface area contributed by atoms with Crippen LogP contribution in [0.25, 0.3) is 118 Å². The molecule has 6 heterocycles. The summed E-state index contributed by atoms with van der Waals surface area (Å²) in [5, 5.41) is 0. The maximum Gasteiger partial charge on any atom is 0.0702 e. The summed E-state index contributed by atoms with van der Waals surface area (Å²) in [6.45, 7) is 6.86. The second-order valence-corrected chi connectivity index (χ2v) is 31.1. The van der Waals surface area contributed by atoms with E-state index in [2.05, 4.69) is 397 Å². The second-order valence-electron chi connectivity index (χ2n) is 31.1. The van der Waals surface area contributed by atoms with E-state index in [1.54, 1.807) is 0 Å². The molecule has 0 radical (unpaired) electrons. The predicted octanol–water partition coefficient (Wildman–Crippen LogP) is 27.9. The summed E-state index contributed by atoms with van der Waals surface area (Å²) in [7, 11) is 0. The SMILES string of the molecule is C=C/C(=C(\C)c1ccc(-c2cccc(-c3ccc(C4=C(C5CC(c6ccccc6-c6ccc(C7=CC=CC=CC7)nc6)CC(c6ccccc6-c6ccc(-c7ccccc7)nc6)C5)C=CC=CC4)cn3)c2)nc1)C1CC(c2ccccc2-c2ccc(-c3ccccc3)nc2)CC(c2ccccc2-c2ccc(-c3ccccc3)nc2)C1. The van der Waals surface area contributed by atoms with Gasteiger partial charge in [0.15, 0.2) is 0 Å². The van der Waals surface area contributed by atoms with E-state index in [1.807, 2.05) is 0 Å². The molecule has 556 valence electrons. The highest BCUT2D eigenvalue weighted by molar-refractivity contribution is 5.80. The molecule has 8 aromatic carbocycles. The van der Waals surface area contributed by atoms with Gasteiger partial charge >= 0.3 is 0 Å². The van der Waals surface area contributed by atoms with Crippen LogP contribution >= 0.6 is 0 Å². The topological polar surface area (TPSA) is 77.3 Å². The number of benzene rings is 8. The van der Waals surface area contributed by atoms with Gasteiger partial charge in [-0.1, -0.05) is 310 Å². The summed E-state index contributed by atoms with van der Waals surface area (Å²) in [6.07, 6.45) is 42.1. The van der Waals surface area contributed by atoms with Crippen molar-refractivity contribution in [2.75, 3.05) is 0 Å². The van der Waals surface area contributed by atoms with Crippen LogP contribution in [0.4, 0.5) is 0 Å². The van der Waals surface area contributed by atoms with Gasteiger partial charge in [-0.3, -0.25) is 29.9 Å². The fourth-order valence-electron chi connectivity index (χ4n) is 18.6. The molecule has 4 aliphatic carbocycles. The third-order valence-electron chi connectivity index (χ3n) is 24.3. The summed E-state index contributed by atoms with van der Waals surface area (Å²) < 4.78 is 0. The van der Waals surface area contributed by atoms with Crippen LogP contribution in [0, 0.1) is 11.8 Å². The minimum absolute atomic E-state index is 0.202. The molecule has 18 rings (SSSR count). The standard InChI is InChI=1S/C109H90N6/c1-3-93(87-62-88(100-45-24-20-41-95(100)82-51-57-105(112-69-82)76-31-12-6-13-32-76)64-89(63-87)101-46-25-21-42-96(101)83-52-58-106(113-70-83)77-33-14-7-15-34-77)74(2)81-49-55-108(110-68-81)79-37-28-38-80(61-79)109-60-54-86(73-115-109)94-39-18-9-19-40-99(94)90-65-91(102-47-26-22-43-97(102)84-50-56-104(111-71-84)75-29-10-4-5-11-30-75)67-92(66-90)103-48-27-23-44-98(103)85-53-59-107(114-72-85)78-35-16-8-17-36-78/h3-29,31-38,40-61,68-73,87-92H,1,30,39,62-67H2,2H3/b93-74-. The first-order valence-electron chi connectivity index (χ1n) is 40.7. The van der Waals surface area contributed by atoms with Crippen molar-refractivity contribution in [1.82, 2.24) is 29.9 Å². The molecule has 0 spiro atoms. The van der Waals surface area contributed by atoms with Gasteiger partial charge in [-0.2, -0.15) is 0 Å². The molecule has 0 bridgehead atoms. The molecule has 0 amide bonds. The summed E-state index contributed by atoms with van der Waals surface area (Å²) in [6, 6.07) is 103. The van der Waals surface area contributed by atoms with Gasteiger partial charge in [-0.05, 0) is 220 Å². The Hall–Kier alpha value is -13.4. The lowest BCUT2D eigenvalue weighted by Gasteiger charge is -2.38. The van der Waals surface area contributed by atoms with Crippen molar-refractivity contribution in [3.8, 4) is 101 Å². The fourth-order valence-corrected chi connectivity index (χ4v) is 18.6. The molecular formula is C109H90N6. The normalized spacial score (nSPS) is 18.3. The quantitative estimate of drug-likeness (QED) is 0.0751. The Morgan fingerprint density at radius 2 is 0.670 bits per heavy atom. The number of hydrogen-bond donors (Lipinski definition) is 0. The van der Waals surface area contributed by atoms with E-state index in [0.29, 0.717) is 0 Å². The van der Waals surface area contributed by atoms with E-state index in [1.165, 1.54) is 72.4 Å². The number of pyridine rings is 6. The van der Waals surface area contributed by atoms with Crippen molar-refractivity contribution in [3.05, 3.63) is 440 Å². The van der Waals surface area contributed by atoms with Gasteiger partial charge < -0.3 is 0 Å². The van der Waals surface area contributed by atoms with E-state index in [-0.39, 0.29) is 35.5 Å². The number of nitrogens with zero attached hydrogens (tertiary/aromatic N) is 6. The van der Waals surface area contributed by atoms with E-state index in [4.69, 9.17) is 29.9 Å². The Morgan fingerprint density at radius 1 is 0.304 bits per heavy atom. The van der Waals surface area contributed by atoms with E-state index < -0.39 is 0 Å². The third-order valence-corrected chi connectivity index (χ3v) is 24.3. The van der Waals surface area contributed by atoms with Crippen molar-refractivity contribution in [2.45, 2.75) is 82.0 Å². The summed E-state index contributed by atoms with van der Waals surface area (Å²) >= 11 is 0. The summed E-state index contributed by atoms with van der Waals surface area (Å²) in [4.78, 5) is 30.8. The van der Waals surface area contributed by atoms with Crippen LogP contribution in [0.3, 0.4) is 0 Å². The van der Waals surface area contributed by atoms with Gasteiger partial charge in [0.2, 0.25) is 0 Å². The summed E-state index contributed by atoms with van der Waals surface area (Å²) in [5.41, 5.74) is 34.7. The van der Waals surface area contributed by atoms with Gasteiger partial charge in [0.1, 0.15) is 0 Å². The van der Waals surface area contributed by atoms with Crippen molar-refractivity contribution in [2.24, 2.45) is 11.8 Å². The van der Waals surface area contributed by atoms with Crippen LogP contribution in [0.2, 0.25) is 0 Å². The number of aromatic nitrogens is 6. The molecule has 5 atom stereocenters. The molecule has 2 fully saturated rings. The first-order chi connectivity index (χ1) is 56.9. The lowest BCUT2D eigenvalue weighted by molar-refractivity contribution is 0.325. The number of rotatable bonds is 19. The highest BCUT2D eigenvalue weighted by atomic mass is 14.7. The molecule has 6 aromatic heterocycles. The van der Waals surface area contributed by atoms with Crippen molar-refractivity contribution in [1.29, 1.82) is 0 Å². The molecule has 4 aliphatic rings. The molecule has 14 aromatic rings. The van der Waals surface area contributed by atoms with Crippen LogP contribution in [-0.4, -0.2) is 29.9 Å². The smallest absolute Gasteiger partial charge is 0.0702 e. The summed E-state index contributed by atoms with van der Waals surface area (Å²) in [5.74, 6) is 1.43. The first-order valence-corrected chi connectivity index (χ1v) is 40.7. The lowest BCUT2D eigenvalue weighted by atomic mass is 9.66. The van der Waals surface area contributed by atoms with E-state index in [9.17, 15) is 0 Å². The largest absolute Gasteiger partial charge is 0.256 e. The zero-order valence-corrected chi connectivity index (χ0v) is 64.9. The first kappa shape index (κ1) is 73.1. The Bertz CT molecular complexity index is 5900. The molecule has 0 N–H and O–H groups in total. The van der Waals surface area contributed by atoms with Crippen LogP contribution in [0.5, 0.6) is 0 Å². The Kier molecular flexibility index (Phi) is 21.5. The van der Waals surface area contributed by atoms with Crippen LogP contribution in [0.1, 0.15) is 121 Å². The van der Waals surface area contributed by atoms with Crippen molar-refractivity contribution >= 4 is 16.7 Å². The average molecular weight is 1480 g/mol. The van der Waals surface area contributed by atoms with Gasteiger partial charge in [-0.15, -0.1) is 0 Å². The highest BCUT2D eigenvalue weighted by Gasteiger charge is 2.37. The second kappa shape index (κ2) is 33.9. The van der Waals surface area contributed by atoms with Crippen LogP contribution in [-0.2, 0) is 0 Å².